The molecule has 5 heteroatoms. The van der Waals surface area contributed by atoms with E-state index in [1.54, 1.807) is 6.07 Å². The number of nitrogens with two attached hydrogens (primary N) is 1. The molecule has 1 aliphatic heterocycles. The van der Waals surface area contributed by atoms with Gasteiger partial charge in [0.25, 0.3) is 0 Å². The number of benzene rings is 1. The zero-order chi connectivity index (χ0) is 16.1. The second-order valence-corrected chi connectivity index (χ2v) is 6.93. The van der Waals surface area contributed by atoms with Gasteiger partial charge in [-0.15, -0.1) is 0 Å². The molecule has 0 spiro atoms. The lowest BCUT2D eigenvalue weighted by Crippen LogP contribution is -2.51. The summed E-state index contributed by atoms with van der Waals surface area (Å²) in [5.41, 5.74) is 7.14. The number of carbonyl (C=O) groups excluding carboxylic acids is 1. The molecule has 0 saturated carbocycles. The molecule has 3 nitrogen and oxygen atoms in total. The van der Waals surface area contributed by atoms with Gasteiger partial charge in [-0.1, -0.05) is 29.3 Å². The Morgan fingerprint density at radius 1 is 1.36 bits per heavy atom. The topological polar surface area (TPSA) is 46.3 Å². The van der Waals surface area contributed by atoms with E-state index in [2.05, 4.69) is 0 Å². The highest BCUT2D eigenvalue weighted by molar-refractivity contribution is 6.42. The minimum Gasteiger partial charge on any atom is -0.338 e. The van der Waals surface area contributed by atoms with Gasteiger partial charge >= 0.3 is 0 Å². The van der Waals surface area contributed by atoms with Crippen molar-refractivity contribution in [3.05, 3.63) is 33.8 Å². The van der Waals surface area contributed by atoms with Crippen molar-refractivity contribution in [2.45, 2.75) is 57.5 Å². The molecule has 0 aliphatic carbocycles. The van der Waals surface area contributed by atoms with Crippen LogP contribution in [0.25, 0.3) is 0 Å². The van der Waals surface area contributed by atoms with Gasteiger partial charge < -0.3 is 10.6 Å². The molecule has 1 heterocycles. The standard InChI is InChI=1S/C17H24Cl2N2O/c1-12(20)16-6-2-3-10-21(16)17(22)7-4-5-13-8-9-14(18)15(19)11-13/h8-9,11-12,16H,2-7,10,20H2,1H3. The highest BCUT2D eigenvalue weighted by atomic mass is 35.5. The molecule has 0 radical (unpaired) electrons. The van der Waals surface area contributed by atoms with Crippen LogP contribution in [0.3, 0.4) is 0 Å². The third kappa shape index (κ3) is 4.61. The van der Waals surface area contributed by atoms with Crippen LogP contribution in [0.2, 0.25) is 10.0 Å². The van der Waals surface area contributed by atoms with Crippen LogP contribution < -0.4 is 5.73 Å². The van der Waals surface area contributed by atoms with Gasteiger partial charge in [0.2, 0.25) is 5.91 Å². The van der Waals surface area contributed by atoms with Gasteiger partial charge in [0.05, 0.1) is 10.0 Å². The molecule has 0 aromatic heterocycles. The average molecular weight is 343 g/mol. The van der Waals surface area contributed by atoms with E-state index in [9.17, 15) is 4.79 Å². The van der Waals surface area contributed by atoms with Gasteiger partial charge in [0.1, 0.15) is 0 Å². The first-order valence-corrected chi connectivity index (χ1v) is 8.73. The molecule has 22 heavy (non-hydrogen) atoms. The van der Waals surface area contributed by atoms with Crippen LogP contribution >= 0.6 is 23.2 Å². The minimum atomic E-state index is 0.0410. The monoisotopic (exact) mass is 342 g/mol. The number of piperidine rings is 1. The van der Waals surface area contributed by atoms with E-state index in [-0.39, 0.29) is 18.0 Å². The highest BCUT2D eigenvalue weighted by Crippen LogP contribution is 2.24. The lowest BCUT2D eigenvalue weighted by molar-refractivity contribution is -0.135. The zero-order valence-corrected chi connectivity index (χ0v) is 14.5. The number of aryl methyl sites for hydroxylation is 1. The van der Waals surface area contributed by atoms with Crippen LogP contribution in [0.5, 0.6) is 0 Å². The highest BCUT2D eigenvalue weighted by Gasteiger charge is 2.28. The predicted molar refractivity (Wildman–Crippen MR) is 92.4 cm³/mol. The summed E-state index contributed by atoms with van der Waals surface area (Å²) in [6.45, 7) is 2.84. The predicted octanol–water partition coefficient (Wildman–Crippen LogP) is 4.04. The molecular formula is C17H24Cl2N2O. The van der Waals surface area contributed by atoms with Crippen molar-refractivity contribution in [2.75, 3.05) is 6.54 Å². The smallest absolute Gasteiger partial charge is 0.222 e. The van der Waals surface area contributed by atoms with E-state index in [0.29, 0.717) is 16.5 Å². The van der Waals surface area contributed by atoms with Crippen LogP contribution in [-0.2, 0) is 11.2 Å². The van der Waals surface area contributed by atoms with E-state index < -0.39 is 0 Å². The van der Waals surface area contributed by atoms with Gasteiger partial charge in [0, 0.05) is 25.0 Å². The summed E-state index contributed by atoms with van der Waals surface area (Å²) >= 11 is 11.9. The molecule has 1 aromatic rings. The first-order chi connectivity index (χ1) is 10.5. The molecule has 1 saturated heterocycles. The Balaban J connectivity index is 1.85. The molecular weight excluding hydrogens is 319 g/mol. The molecule has 0 bridgehead atoms. The van der Waals surface area contributed by atoms with Gasteiger partial charge in [-0.3, -0.25) is 4.79 Å². The van der Waals surface area contributed by atoms with E-state index >= 15 is 0 Å². The van der Waals surface area contributed by atoms with Crippen molar-refractivity contribution in [3.63, 3.8) is 0 Å². The molecule has 1 amide bonds. The summed E-state index contributed by atoms with van der Waals surface area (Å²) in [6, 6.07) is 5.88. The summed E-state index contributed by atoms with van der Waals surface area (Å²) in [6.07, 6.45) is 5.49. The normalized spacial score (nSPS) is 20.0. The summed E-state index contributed by atoms with van der Waals surface area (Å²) in [5.74, 6) is 0.224. The van der Waals surface area contributed by atoms with Gasteiger partial charge in [-0.25, -0.2) is 0 Å². The van der Waals surface area contributed by atoms with Gasteiger partial charge in [-0.2, -0.15) is 0 Å². The maximum absolute atomic E-state index is 12.4. The third-order valence-electron chi connectivity index (χ3n) is 4.32. The number of hydrogen-bond acceptors (Lipinski definition) is 2. The van der Waals surface area contributed by atoms with E-state index in [1.165, 1.54) is 6.42 Å². The number of amides is 1. The molecule has 1 aliphatic rings. The molecule has 2 unspecified atom stereocenters. The second kappa shape index (κ2) is 8.19. The van der Waals surface area contributed by atoms with E-state index in [1.807, 2.05) is 24.0 Å². The SMILES string of the molecule is CC(N)C1CCCCN1C(=O)CCCc1ccc(Cl)c(Cl)c1. The fourth-order valence-electron chi connectivity index (χ4n) is 3.10. The fraction of sp³-hybridized carbons (Fsp3) is 0.588. The number of likely N-dealkylation sites (tertiary alicyclic amines) is 1. The van der Waals surface area contributed by atoms with Crippen molar-refractivity contribution in [1.29, 1.82) is 0 Å². The van der Waals surface area contributed by atoms with Crippen LogP contribution in [0.15, 0.2) is 18.2 Å². The maximum atomic E-state index is 12.4. The zero-order valence-electron chi connectivity index (χ0n) is 13.0. The molecule has 2 N–H and O–H groups in total. The molecule has 1 fully saturated rings. The molecule has 1 aromatic carbocycles. The van der Waals surface area contributed by atoms with E-state index in [4.69, 9.17) is 28.9 Å². The van der Waals surface area contributed by atoms with Crippen molar-refractivity contribution >= 4 is 29.1 Å². The van der Waals surface area contributed by atoms with Crippen molar-refractivity contribution in [2.24, 2.45) is 5.73 Å². The first-order valence-electron chi connectivity index (χ1n) is 7.98. The van der Waals surface area contributed by atoms with Crippen molar-refractivity contribution in [1.82, 2.24) is 4.90 Å². The Labute approximate surface area is 142 Å². The van der Waals surface area contributed by atoms with Crippen molar-refractivity contribution in [3.8, 4) is 0 Å². The number of nitrogens with zero attached hydrogens (tertiary/aromatic N) is 1. The van der Waals surface area contributed by atoms with Crippen LogP contribution in [0, 0.1) is 0 Å². The molecule has 2 atom stereocenters. The Morgan fingerprint density at radius 2 is 2.14 bits per heavy atom. The summed E-state index contributed by atoms with van der Waals surface area (Å²) in [5, 5.41) is 1.13. The fourth-order valence-corrected chi connectivity index (χ4v) is 3.42. The summed E-state index contributed by atoms with van der Waals surface area (Å²) in [4.78, 5) is 14.4. The number of hydrogen-bond donors (Lipinski definition) is 1. The minimum absolute atomic E-state index is 0.0410. The van der Waals surface area contributed by atoms with Gasteiger partial charge in [0.15, 0.2) is 0 Å². The Morgan fingerprint density at radius 3 is 2.82 bits per heavy atom. The summed E-state index contributed by atoms with van der Waals surface area (Å²) < 4.78 is 0. The lowest BCUT2D eigenvalue weighted by atomic mass is 9.96. The Bertz CT molecular complexity index is 519. The van der Waals surface area contributed by atoms with E-state index in [0.717, 1.165) is 37.8 Å². The number of carbonyl (C=O) groups is 1. The largest absolute Gasteiger partial charge is 0.338 e. The van der Waals surface area contributed by atoms with Crippen LogP contribution in [0.4, 0.5) is 0 Å². The summed E-state index contributed by atoms with van der Waals surface area (Å²) in [7, 11) is 0. The second-order valence-electron chi connectivity index (χ2n) is 6.11. The lowest BCUT2D eigenvalue weighted by Gasteiger charge is -2.38. The van der Waals surface area contributed by atoms with Crippen LogP contribution in [-0.4, -0.2) is 29.4 Å². The number of rotatable bonds is 5. The average Bonchev–Trinajstić information content (AvgIpc) is 2.50. The maximum Gasteiger partial charge on any atom is 0.222 e. The Hall–Kier alpha value is -0.770. The van der Waals surface area contributed by atoms with Crippen LogP contribution in [0.1, 0.15) is 44.6 Å². The third-order valence-corrected chi connectivity index (χ3v) is 5.06. The Kier molecular flexibility index (Phi) is 6.54. The molecule has 122 valence electrons. The quantitative estimate of drug-likeness (QED) is 0.877. The van der Waals surface area contributed by atoms with Crippen molar-refractivity contribution < 1.29 is 4.79 Å². The number of halogens is 2. The molecule has 2 rings (SSSR count). The first kappa shape index (κ1) is 17.6. The van der Waals surface area contributed by atoms with Gasteiger partial charge in [-0.05, 0) is 56.7 Å².